The number of hydrogen-bond acceptors (Lipinski definition) is 9. The summed E-state index contributed by atoms with van der Waals surface area (Å²) < 4.78 is 18.5. The van der Waals surface area contributed by atoms with Gasteiger partial charge in [-0.3, -0.25) is 4.79 Å². The number of rotatable bonds is 10. The molecule has 1 aromatic carbocycles. The number of ether oxygens (including phenoxy) is 3. The third kappa shape index (κ3) is 6.48. The lowest BCUT2D eigenvalue weighted by Crippen LogP contribution is -2.45. The van der Waals surface area contributed by atoms with E-state index in [-0.39, 0.29) is 18.8 Å². The zero-order valence-electron chi connectivity index (χ0n) is 26.4. The molecular formula is C33H36N6O6S. The van der Waals surface area contributed by atoms with E-state index >= 15 is 0 Å². The zero-order valence-corrected chi connectivity index (χ0v) is 27.2. The van der Waals surface area contributed by atoms with Gasteiger partial charge in [-0.2, -0.15) is 10.4 Å². The van der Waals surface area contributed by atoms with Crippen LogP contribution in [0.3, 0.4) is 0 Å². The van der Waals surface area contributed by atoms with Crippen LogP contribution in [-0.2, 0) is 27.2 Å². The Hall–Kier alpha value is -5.09. The molecule has 3 N–H and O–H groups in total. The minimum Gasteiger partial charge on any atom is -0.493 e. The number of hydrogen-bond donors (Lipinski definition) is 3. The second-order valence-electron chi connectivity index (χ2n) is 10.9. The monoisotopic (exact) mass is 644 g/mol. The van der Waals surface area contributed by atoms with Gasteiger partial charge < -0.3 is 29.4 Å². The highest BCUT2D eigenvalue weighted by Crippen LogP contribution is 2.38. The Labute approximate surface area is 271 Å². The highest BCUT2D eigenvalue weighted by molar-refractivity contribution is 7.15. The molecule has 0 fully saturated rings. The van der Waals surface area contributed by atoms with E-state index in [1.54, 1.807) is 49.6 Å². The largest absolute Gasteiger partial charge is 0.493 e. The summed E-state index contributed by atoms with van der Waals surface area (Å²) >= 11 is 1.69. The van der Waals surface area contributed by atoms with E-state index in [1.165, 1.54) is 17.6 Å². The summed E-state index contributed by atoms with van der Waals surface area (Å²) in [6, 6.07) is 8.09. The maximum Gasteiger partial charge on any atom is 0.338 e. The summed E-state index contributed by atoms with van der Waals surface area (Å²) in [6.07, 6.45) is 5.78. The SMILES string of the molecule is CCOC(=O)C1=C(C)NC(=O)N[C@H]1c1ccc(OCC(=O)N/N=C\c2cc(C)n(-c3sc4c(c3C#N)CCCC4)c2C)c(OC)c1. The number of methoxy groups -OCH3 is 1. The lowest BCUT2D eigenvalue weighted by molar-refractivity contribution is -0.139. The zero-order chi connectivity index (χ0) is 33.0. The fourth-order valence-corrected chi connectivity index (χ4v) is 7.26. The van der Waals surface area contributed by atoms with Crippen LogP contribution in [0.2, 0.25) is 0 Å². The fourth-order valence-electron chi connectivity index (χ4n) is 5.81. The van der Waals surface area contributed by atoms with E-state index in [4.69, 9.17) is 14.2 Å². The predicted molar refractivity (Wildman–Crippen MR) is 172 cm³/mol. The molecule has 0 saturated heterocycles. The lowest BCUT2D eigenvalue weighted by Gasteiger charge is -2.28. The van der Waals surface area contributed by atoms with Crippen LogP contribution < -0.4 is 25.5 Å². The average Bonchev–Trinajstić information content (AvgIpc) is 3.54. The number of nitrogens with zero attached hydrogens (tertiary/aromatic N) is 3. The van der Waals surface area contributed by atoms with Crippen LogP contribution in [0.25, 0.3) is 5.00 Å². The molecule has 3 heterocycles. The van der Waals surface area contributed by atoms with Gasteiger partial charge in [-0.15, -0.1) is 11.3 Å². The molecule has 46 heavy (non-hydrogen) atoms. The Morgan fingerprint density at radius 2 is 1.98 bits per heavy atom. The number of thiophene rings is 1. The third-order valence-electron chi connectivity index (χ3n) is 7.98. The molecule has 1 aliphatic heterocycles. The molecule has 1 aliphatic carbocycles. The van der Waals surface area contributed by atoms with Crippen LogP contribution in [0, 0.1) is 25.2 Å². The Morgan fingerprint density at radius 1 is 1.20 bits per heavy atom. The van der Waals surface area contributed by atoms with Crippen molar-refractivity contribution >= 4 is 35.5 Å². The first-order valence-corrected chi connectivity index (χ1v) is 15.8. The minimum absolute atomic E-state index is 0.185. The summed E-state index contributed by atoms with van der Waals surface area (Å²) in [7, 11) is 1.45. The lowest BCUT2D eigenvalue weighted by atomic mass is 9.95. The van der Waals surface area contributed by atoms with Crippen molar-refractivity contribution in [2.24, 2.45) is 5.10 Å². The average molecular weight is 645 g/mol. The van der Waals surface area contributed by atoms with E-state index in [0.29, 0.717) is 22.8 Å². The molecule has 2 aliphatic rings. The van der Waals surface area contributed by atoms with Crippen LogP contribution in [-0.4, -0.2) is 49.0 Å². The summed E-state index contributed by atoms with van der Waals surface area (Å²) in [5.41, 5.74) is 8.38. The molecule has 3 amide bonds. The van der Waals surface area contributed by atoms with Gasteiger partial charge in [0.25, 0.3) is 5.91 Å². The number of nitrogens with one attached hydrogen (secondary N) is 3. The molecule has 0 spiro atoms. The van der Waals surface area contributed by atoms with Crippen LogP contribution in [0.4, 0.5) is 4.79 Å². The van der Waals surface area contributed by atoms with E-state index < -0.39 is 23.9 Å². The van der Waals surface area contributed by atoms with E-state index in [1.807, 2.05) is 19.9 Å². The Balaban J connectivity index is 1.25. The normalized spacial score (nSPS) is 15.9. The molecule has 2 aromatic heterocycles. The van der Waals surface area contributed by atoms with Crippen molar-refractivity contribution in [1.29, 1.82) is 5.26 Å². The van der Waals surface area contributed by atoms with E-state index in [0.717, 1.165) is 53.2 Å². The number of hydrazone groups is 1. The summed E-state index contributed by atoms with van der Waals surface area (Å²) in [6.45, 7) is 7.14. The Kier molecular flexibility index (Phi) is 9.77. The van der Waals surface area contributed by atoms with Gasteiger partial charge in [0, 0.05) is 27.5 Å². The summed E-state index contributed by atoms with van der Waals surface area (Å²) in [5, 5.41) is 20.4. The van der Waals surface area contributed by atoms with Gasteiger partial charge >= 0.3 is 12.0 Å². The molecule has 0 saturated carbocycles. The number of allylic oxidation sites excluding steroid dienone is 1. The Bertz CT molecular complexity index is 1800. The molecule has 3 aromatic rings. The second kappa shape index (κ2) is 13.9. The number of amides is 3. The quantitative estimate of drug-likeness (QED) is 0.165. The fraction of sp³-hybridized carbons (Fsp3) is 0.364. The van der Waals surface area contributed by atoms with Gasteiger partial charge in [-0.05, 0) is 82.7 Å². The molecule has 240 valence electrons. The van der Waals surface area contributed by atoms with Crippen molar-refractivity contribution in [2.75, 3.05) is 20.3 Å². The van der Waals surface area contributed by atoms with Crippen molar-refractivity contribution in [3.63, 3.8) is 0 Å². The predicted octanol–water partition coefficient (Wildman–Crippen LogP) is 4.63. The number of benzene rings is 1. The second-order valence-corrected chi connectivity index (χ2v) is 12.0. The maximum atomic E-state index is 12.6. The number of esters is 1. The standard InChI is InChI=1S/C33H36N6O6S/c1-6-44-32(41)29-19(3)36-33(42)37-30(29)21-11-12-25(26(14-21)43-5)45-17-28(40)38-35-16-22-13-18(2)39(20(22)4)31-24(15-34)23-9-7-8-10-27(23)46-31/h11-14,16,30H,6-10,17H2,1-5H3,(H,38,40)(H2,36,37,42)/b35-16-/t30-/m0/s1. The van der Waals surface area contributed by atoms with Crippen molar-refractivity contribution in [3.8, 4) is 22.6 Å². The molecule has 12 nitrogen and oxygen atoms in total. The molecule has 13 heteroatoms. The van der Waals surface area contributed by atoms with Gasteiger partial charge in [0.1, 0.15) is 11.1 Å². The molecule has 1 atom stereocenters. The molecule has 5 rings (SSSR count). The molecular weight excluding hydrogens is 608 g/mol. The molecule has 0 bridgehead atoms. The van der Waals surface area contributed by atoms with Gasteiger partial charge in [-0.25, -0.2) is 15.0 Å². The van der Waals surface area contributed by atoms with Gasteiger partial charge in [-0.1, -0.05) is 6.07 Å². The van der Waals surface area contributed by atoms with Gasteiger partial charge in [0.15, 0.2) is 18.1 Å². The smallest absolute Gasteiger partial charge is 0.338 e. The van der Waals surface area contributed by atoms with Crippen molar-refractivity contribution in [2.45, 2.75) is 59.4 Å². The number of aryl methyl sites for hydroxylation is 2. The number of fused-ring (bicyclic) bond motifs is 1. The number of urea groups is 1. The first-order valence-electron chi connectivity index (χ1n) is 15.0. The van der Waals surface area contributed by atoms with E-state index in [9.17, 15) is 19.6 Å². The number of aromatic nitrogens is 1. The van der Waals surface area contributed by atoms with Crippen molar-refractivity contribution < 1.29 is 28.6 Å². The van der Waals surface area contributed by atoms with E-state index in [2.05, 4.69) is 31.8 Å². The minimum atomic E-state index is -0.771. The third-order valence-corrected chi connectivity index (χ3v) is 9.25. The highest BCUT2D eigenvalue weighted by Gasteiger charge is 2.32. The number of carbonyl (C=O) groups excluding carboxylic acids is 3. The number of carbonyl (C=O) groups is 3. The van der Waals surface area contributed by atoms with Crippen LogP contribution in [0.5, 0.6) is 11.5 Å². The summed E-state index contributed by atoms with van der Waals surface area (Å²) in [5.74, 6) is -0.433. The molecule has 0 unspecified atom stereocenters. The topological polar surface area (TPSA) is 156 Å². The number of nitriles is 1. The van der Waals surface area contributed by atoms with Gasteiger partial charge in [0.05, 0.1) is 37.1 Å². The molecule has 0 radical (unpaired) electrons. The maximum absolute atomic E-state index is 12.6. The van der Waals surface area contributed by atoms with Crippen molar-refractivity contribution in [3.05, 3.63) is 74.1 Å². The van der Waals surface area contributed by atoms with Crippen LogP contribution >= 0.6 is 11.3 Å². The van der Waals surface area contributed by atoms with Crippen LogP contribution in [0.15, 0.2) is 40.6 Å². The first-order chi connectivity index (χ1) is 22.2. The first kappa shape index (κ1) is 32.3. The highest BCUT2D eigenvalue weighted by atomic mass is 32.1. The summed E-state index contributed by atoms with van der Waals surface area (Å²) in [4.78, 5) is 38.7. The van der Waals surface area contributed by atoms with Crippen LogP contribution in [0.1, 0.15) is 71.2 Å². The Morgan fingerprint density at radius 3 is 2.72 bits per heavy atom. The van der Waals surface area contributed by atoms with Gasteiger partial charge in [0.2, 0.25) is 0 Å². The van der Waals surface area contributed by atoms with Crippen molar-refractivity contribution in [1.82, 2.24) is 20.6 Å².